The minimum Gasteiger partial charge on any atom is -0.424 e. The summed E-state index contributed by atoms with van der Waals surface area (Å²) in [7, 11) is -2.91. The average molecular weight is 407 g/mol. The highest BCUT2D eigenvalue weighted by atomic mass is 28.4. The highest BCUT2D eigenvalue weighted by molar-refractivity contribution is 6.98. The summed E-state index contributed by atoms with van der Waals surface area (Å²) in [5.74, 6) is 0.583. The minimum absolute atomic E-state index is 0.175. The summed E-state index contributed by atoms with van der Waals surface area (Å²) in [6.07, 6.45) is 9.62. The first-order valence-electron chi connectivity index (χ1n) is 11.2. The van der Waals surface area contributed by atoms with Crippen molar-refractivity contribution in [3.05, 3.63) is 72.3 Å². The summed E-state index contributed by atoms with van der Waals surface area (Å²) >= 11 is 0. The van der Waals surface area contributed by atoms with Crippen molar-refractivity contribution in [2.45, 2.75) is 63.5 Å². The fourth-order valence-corrected chi connectivity index (χ4v) is 9.11. The van der Waals surface area contributed by atoms with Gasteiger partial charge in [0.15, 0.2) is 0 Å². The lowest BCUT2D eigenvalue weighted by Gasteiger charge is -2.43. The van der Waals surface area contributed by atoms with Gasteiger partial charge in [-0.3, -0.25) is 0 Å². The molecule has 2 aromatic carbocycles. The number of benzene rings is 2. The molecule has 1 N–H and O–H groups in total. The van der Waals surface area contributed by atoms with Gasteiger partial charge in [-0.05, 0) is 65.4 Å². The van der Waals surface area contributed by atoms with E-state index in [2.05, 4.69) is 68.5 Å². The maximum absolute atomic E-state index is 12.3. The number of hydrogen-bond acceptors (Lipinski definition) is 2. The number of allylic oxidation sites excluding steroid dienone is 1. The van der Waals surface area contributed by atoms with Gasteiger partial charge in [-0.15, -0.1) is 0 Å². The smallest absolute Gasteiger partial charge is 0.258 e. The molecule has 1 heterocycles. The van der Waals surface area contributed by atoms with Crippen LogP contribution in [0.3, 0.4) is 0 Å². The molecule has 0 amide bonds. The van der Waals surface area contributed by atoms with Crippen molar-refractivity contribution < 1.29 is 9.53 Å². The summed E-state index contributed by atoms with van der Waals surface area (Å²) in [5, 5.41) is 2.04. The molecule has 0 radical (unpaired) electrons. The second-order valence-corrected chi connectivity index (χ2v) is 13.3. The Hall–Kier alpha value is -1.68. The van der Waals surface area contributed by atoms with Gasteiger partial charge < -0.3 is 9.53 Å². The third kappa shape index (κ3) is 4.01. The van der Waals surface area contributed by atoms with Gasteiger partial charge in [0.1, 0.15) is 0 Å². The van der Waals surface area contributed by atoms with E-state index in [4.69, 9.17) is 4.74 Å². The predicted molar refractivity (Wildman–Crippen MR) is 123 cm³/mol. The van der Waals surface area contributed by atoms with Gasteiger partial charge in [0.25, 0.3) is 8.32 Å². The molecule has 0 bridgehead atoms. The van der Waals surface area contributed by atoms with Crippen molar-refractivity contribution in [3.63, 3.8) is 0 Å². The summed E-state index contributed by atoms with van der Waals surface area (Å²) in [6.45, 7) is 5.45. The quantitative estimate of drug-likeness (QED) is 0.551. The Balaban J connectivity index is 1.60. The van der Waals surface area contributed by atoms with E-state index in [1.807, 2.05) is 12.1 Å². The molecule has 2 nitrogen and oxygen atoms in total. The van der Waals surface area contributed by atoms with Crippen molar-refractivity contribution in [2.75, 3.05) is 6.61 Å². The normalized spacial score (nSPS) is 22.7. The van der Waals surface area contributed by atoms with Crippen LogP contribution < -0.4 is 10.4 Å². The van der Waals surface area contributed by atoms with E-state index < -0.39 is 8.32 Å². The van der Waals surface area contributed by atoms with Gasteiger partial charge in [-0.25, -0.2) is 0 Å². The lowest BCUT2D eigenvalue weighted by atomic mass is 9.79. The van der Waals surface area contributed by atoms with Crippen LogP contribution in [0.1, 0.15) is 52.4 Å². The number of hydrogen-bond donors (Lipinski definition) is 1. The standard InChI is InChI=1S/C26H34O2Si/c1-26(2,19-18-22-12-9-11-21-13-10-20-28-25(21)22)29(27,23-14-5-3-6-15-23)24-16-7-4-8-17-24/h3-8,11,14-17,22,25,27H,9-10,12-13,18-20H2,1-2H3/t22-,25-/m0/s1. The zero-order valence-corrected chi connectivity index (χ0v) is 18.8. The first-order valence-corrected chi connectivity index (χ1v) is 13.1. The molecule has 2 aliphatic rings. The molecule has 1 aliphatic carbocycles. The van der Waals surface area contributed by atoms with Gasteiger partial charge in [0.05, 0.1) is 6.10 Å². The van der Waals surface area contributed by atoms with E-state index in [1.165, 1.54) is 24.8 Å². The largest absolute Gasteiger partial charge is 0.424 e. The second kappa shape index (κ2) is 8.59. The Kier molecular flexibility index (Phi) is 6.10. The highest BCUT2D eigenvalue weighted by Crippen LogP contribution is 2.44. The van der Waals surface area contributed by atoms with Gasteiger partial charge >= 0.3 is 0 Å². The highest BCUT2D eigenvalue weighted by Gasteiger charge is 2.50. The zero-order chi connectivity index (χ0) is 20.3. The Morgan fingerprint density at radius 3 is 2.24 bits per heavy atom. The topological polar surface area (TPSA) is 29.5 Å². The number of fused-ring (bicyclic) bond motifs is 1. The van der Waals surface area contributed by atoms with E-state index >= 15 is 0 Å². The Bertz CT molecular complexity index is 789. The zero-order valence-electron chi connectivity index (χ0n) is 17.8. The van der Waals surface area contributed by atoms with Gasteiger partial charge in [-0.1, -0.05) is 80.6 Å². The van der Waals surface area contributed by atoms with Crippen LogP contribution >= 0.6 is 0 Å². The number of ether oxygens (including phenoxy) is 1. The maximum atomic E-state index is 12.3. The monoisotopic (exact) mass is 406 g/mol. The molecule has 2 atom stereocenters. The van der Waals surface area contributed by atoms with E-state index in [0.29, 0.717) is 12.0 Å². The summed E-state index contributed by atoms with van der Waals surface area (Å²) in [4.78, 5) is 12.3. The van der Waals surface area contributed by atoms with Crippen LogP contribution in [0.5, 0.6) is 0 Å². The predicted octanol–water partition coefficient (Wildman–Crippen LogP) is 4.81. The molecule has 0 spiro atoms. The molecular weight excluding hydrogens is 372 g/mol. The summed E-state index contributed by atoms with van der Waals surface area (Å²) in [6, 6.07) is 20.8. The van der Waals surface area contributed by atoms with Crippen molar-refractivity contribution in [1.29, 1.82) is 0 Å². The van der Waals surface area contributed by atoms with E-state index in [1.54, 1.807) is 0 Å². The van der Waals surface area contributed by atoms with Crippen LogP contribution in [0.25, 0.3) is 0 Å². The van der Waals surface area contributed by atoms with E-state index in [0.717, 1.165) is 36.2 Å². The van der Waals surface area contributed by atoms with Crippen LogP contribution in [-0.4, -0.2) is 25.8 Å². The molecule has 0 saturated carbocycles. The van der Waals surface area contributed by atoms with Gasteiger partial charge in [0.2, 0.25) is 0 Å². The van der Waals surface area contributed by atoms with Crippen molar-refractivity contribution in [1.82, 2.24) is 0 Å². The SMILES string of the molecule is CC(C)(CC[C@@H]1CCC=C2CCCO[C@@H]21)[Si](O)(c1ccccc1)c1ccccc1. The van der Waals surface area contributed by atoms with Crippen molar-refractivity contribution in [3.8, 4) is 0 Å². The van der Waals surface area contributed by atoms with Gasteiger partial charge in [-0.2, -0.15) is 0 Å². The van der Waals surface area contributed by atoms with Crippen LogP contribution in [0.2, 0.25) is 5.04 Å². The molecule has 154 valence electrons. The van der Waals surface area contributed by atoms with Crippen LogP contribution in [0, 0.1) is 5.92 Å². The van der Waals surface area contributed by atoms with Gasteiger partial charge in [0, 0.05) is 6.61 Å². The molecule has 2 aromatic rings. The average Bonchev–Trinajstić information content (AvgIpc) is 2.78. The summed E-state index contributed by atoms with van der Waals surface area (Å²) < 4.78 is 6.20. The molecule has 0 unspecified atom stereocenters. The molecule has 0 aromatic heterocycles. The van der Waals surface area contributed by atoms with Crippen molar-refractivity contribution >= 4 is 18.7 Å². The maximum Gasteiger partial charge on any atom is 0.258 e. The third-order valence-electron chi connectivity index (χ3n) is 7.15. The lowest BCUT2D eigenvalue weighted by molar-refractivity contribution is 0.00380. The fraction of sp³-hybridized carbons (Fsp3) is 0.462. The molecular formula is C26H34O2Si. The first kappa shape index (κ1) is 20.6. The molecule has 1 aliphatic heterocycles. The molecule has 4 rings (SSSR count). The number of rotatable bonds is 6. The molecule has 1 saturated heterocycles. The molecule has 1 fully saturated rings. The Morgan fingerprint density at radius 2 is 1.62 bits per heavy atom. The molecule has 29 heavy (non-hydrogen) atoms. The van der Waals surface area contributed by atoms with Crippen LogP contribution in [0.4, 0.5) is 0 Å². The Morgan fingerprint density at radius 1 is 1.00 bits per heavy atom. The third-order valence-corrected chi connectivity index (χ3v) is 11.7. The lowest BCUT2D eigenvalue weighted by Crippen LogP contribution is -2.65. The second-order valence-electron chi connectivity index (χ2n) is 9.38. The van der Waals surface area contributed by atoms with Crippen LogP contribution in [0.15, 0.2) is 72.3 Å². The van der Waals surface area contributed by atoms with E-state index in [-0.39, 0.29) is 5.04 Å². The van der Waals surface area contributed by atoms with Crippen molar-refractivity contribution in [2.24, 2.45) is 5.92 Å². The summed E-state index contributed by atoms with van der Waals surface area (Å²) in [5.41, 5.74) is 1.53. The minimum atomic E-state index is -2.91. The molecule has 3 heteroatoms. The Labute approximate surface area is 176 Å². The first-order chi connectivity index (χ1) is 14.0. The van der Waals surface area contributed by atoms with Crippen LogP contribution in [-0.2, 0) is 4.74 Å². The van der Waals surface area contributed by atoms with E-state index in [9.17, 15) is 4.80 Å². The fourth-order valence-electron chi connectivity index (χ4n) is 5.36.